The number of nitrogens with zero attached hydrogens (tertiary/aromatic N) is 1. The molecule has 0 saturated carbocycles. The van der Waals surface area contributed by atoms with Gasteiger partial charge in [0.1, 0.15) is 0 Å². The van der Waals surface area contributed by atoms with Crippen LogP contribution in [-0.4, -0.2) is 4.57 Å². The summed E-state index contributed by atoms with van der Waals surface area (Å²) >= 11 is 0. The van der Waals surface area contributed by atoms with E-state index in [4.69, 9.17) is 0 Å². The summed E-state index contributed by atoms with van der Waals surface area (Å²) in [5, 5.41) is 2.60. The lowest BCUT2D eigenvalue weighted by Crippen LogP contribution is -1.94. The number of hydrogen-bond donors (Lipinski definition) is 0. The molecule has 0 spiro atoms. The van der Waals surface area contributed by atoms with E-state index in [9.17, 15) is 0 Å². The smallest absolute Gasteiger partial charge is 0.0541 e. The molecule has 142 valence electrons. The Kier molecular flexibility index (Phi) is 4.44. The molecule has 1 heterocycles. The van der Waals surface area contributed by atoms with Crippen molar-refractivity contribution in [1.82, 2.24) is 4.57 Å². The molecule has 0 bridgehead atoms. The summed E-state index contributed by atoms with van der Waals surface area (Å²) in [6.45, 7) is 4.53. The van der Waals surface area contributed by atoms with Gasteiger partial charge in [-0.3, -0.25) is 0 Å². The van der Waals surface area contributed by atoms with Gasteiger partial charge in [-0.25, -0.2) is 0 Å². The van der Waals surface area contributed by atoms with Gasteiger partial charge in [0.05, 0.1) is 11.0 Å². The highest BCUT2D eigenvalue weighted by Gasteiger charge is 2.11. The Morgan fingerprint density at radius 1 is 0.621 bits per heavy atom. The van der Waals surface area contributed by atoms with E-state index < -0.39 is 0 Å². The number of hydrogen-bond acceptors (Lipinski definition) is 0. The lowest BCUT2D eigenvalue weighted by molar-refractivity contribution is 0.734. The molecular formula is C28H25N. The molecule has 1 heteroatoms. The summed E-state index contributed by atoms with van der Waals surface area (Å²) in [6, 6.07) is 35.3. The van der Waals surface area contributed by atoms with Gasteiger partial charge in [-0.15, -0.1) is 0 Å². The molecule has 0 aliphatic carbocycles. The van der Waals surface area contributed by atoms with Gasteiger partial charge >= 0.3 is 0 Å². The minimum absolute atomic E-state index is 0.613. The monoisotopic (exact) mass is 375 g/mol. The van der Waals surface area contributed by atoms with E-state index in [1.807, 2.05) is 0 Å². The first-order chi connectivity index (χ1) is 14.3. The first kappa shape index (κ1) is 17.8. The van der Waals surface area contributed by atoms with Crippen LogP contribution < -0.4 is 0 Å². The van der Waals surface area contributed by atoms with Crippen LogP contribution in [-0.2, 0) is 0 Å². The third-order valence-electron chi connectivity index (χ3n) is 6.13. The van der Waals surface area contributed by atoms with Gasteiger partial charge in [0.15, 0.2) is 0 Å². The maximum Gasteiger partial charge on any atom is 0.0541 e. The third kappa shape index (κ3) is 3.03. The Morgan fingerprint density at radius 3 is 1.62 bits per heavy atom. The molecule has 0 aliphatic heterocycles. The van der Waals surface area contributed by atoms with Crippen LogP contribution in [0.25, 0.3) is 38.6 Å². The Hall–Kier alpha value is -3.32. The van der Waals surface area contributed by atoms with Crippen molar-refractivity contribution in [2.24, 2.45) is 0 Å². The second-order valence-electron chi connectivity index (χ2n) is 7.85. The van der Waals surface area contributed by atoms with Crippen LogP contribution >= 0.6 is 0 Å². The summed E-state index contributed by atoms with van der Waals surface area (Å²) in [4.78, 5) is 0. The number of para-hydroxylation sites is 2. The van der Waals surface area contributed by atoms with Crippen molar-refractivity contribution in [3.8, 4) is 16.8 Å². The van der Waals surface area contributed by atoms with Gasteiger partial charge in [-0.2, -0.15) is 0 Å². The lowest BCUT2D eigenvalue weighted by Gasteiger charge is -2.11. The van der Waals surface area contributed by atoms with Crippen LogP contribution in [0.5, 0.6) is 0 Å². The van der Waals surface area contributed by atoms with Crippen molar-refractivity contribution in [2.45, 2.75) is 26.2 Å². The van der Waals surface area contributed by atoms with Gasteiger partial charge in [-0.1, -0.05) is 86.6 Å². The average molecular weight is 376 g/mol. The van der Waals surface area contributed by atoms with E-state index in [0.717, 1.165) is 0 Å². The van der Waals surface area contributed by atoms with E-state index in [-0.39, 0.29) is 0 Å². The number of rotatable bonds is 4. The fourth-order valence-electron chi connectivity index (χ4n) is 4.24. The SMILES string of the molecule is CCC(C)c1ccc(-c2ccc(-n3c4ccccc4c4ccccc43)cc2)cc1. The van der Waals surface area contributed by atoms with Gasteiger partial charge in [0.25, 0.3) is 0 Å². The second-order valence-corrected chi connectivity index (χ2v) is 7.85. The van der Waals surface area contributed by atoms with Crippen LogP contribution in [0, 0.1) is 0 Å². The van der Waals surface area contributed by atoms with Crippen molar-refractivity contribution in [2.75, 3.05) is 0 Å². The maximum atomic E-state index is 2.36. The summed E-state index contributed by atoms with van der Waals surface area (Å²) in [5.74, 6) is 0.613. The second kappa shape index (κ2) is 7.25. The predicted octanol–water partition coefficient (Wildman–Crippen LogP) is 7.96. The molecule has 1 atom stereocenters. The van der Waals surface area contributed by atoms with E-state index in [0.29, 0.717) is 5.92 Å². The molecule has 0 aliphatic rings. The molecule has 5 rings (SSSR count). The molecule has 0 amide bonds. The van der Waals surface area contributed by atoms with Crippen molar-refractivity contribution in [3.63, 3.8) is 0 Å². The molecule has 1 aromatic heterocycles. The van der Waals surface area contributed by atoms with Gasteiger partial charge in [0.2, 0.25) is 0 Å². The lowest BCUT2D eigenvalue weighted by atomic mass is 9.96. The molecule has 0 saturated heterocycles. The van der Waals surface area contributed by atoms with Crippen LogP contribution in [0.1, 0.15) is 31.7 Å². The summed E-state index contributed by atoms with van der Waals surface area (Å²) in [5.41, 5.74) is 7.63. The Balaban J connectivity index is 1.57. The summed E-state index contributed by atoms with van der Waals surface area (Å²) < 4.78 is 2.36. The van der Waals surface area contributed by atoms with Crippen molar-refractivity contribution in [1.29, 1.82) is 0 Å². The maximum absolute atomic E-state index is 2.36. The Morgan fingerprint density at radius 2 is 1.10 bits per heavy atom. The number of fused-ring (bicyclic) bond motifs is 3. The van der Waals surface area contributed by atoms with Crippen molar-refractivity contribution in [3.05, 3.63) is 103 Å². The summed E-state index contributed by atoms with van der Waals surface area (Å²) in [6.07, 6.45) is 1.17. The fourth-order valence-corrected chi connectivity index (χ4v) is 4.24. The highest BCUT2D eigenvalue weighted by Crippen LogP contribution is 2.32. The third-order valence-corrected chi connectivity index (χ3v) is 6.13. The normalized spacial score (nSPS) is 12.5. The van der Waals surface area contributed by atoms with E-state index in [1.165, 1.54) is 50.6 Å². The van der Waals surface area contributed by atoms with Crippen LogP contribution in [0.4, 0.5) is 0 Å². The predicted molar refractivity (Wildman–Crippen MR) is 125 cm³/mol. The number of aromatic nitrogens is 1. The van der Waals surface area contributed by atoms with Crippen molar-refractivity contribution < 1.29 is 0 Å². The largest absolute Gasteiger partial charge is 0.309 e. The van der Waals surface area contributed by atoms with Gasteiger partial charge < -0.3 is 4.57 Å². The first-order valence-corrected chi connectivity index (χ1v) is 10.4. The zero-order valence-electron chi connectivity index (χ0n) is 17.0. The molecular weight excluding hydrogens is 350 g/mol. The molecule has 0 radical (unpaired) electrons. The summed E-state index contributed by atoms with van der Waals surface area (Å²) in [7, 11) is 0. The van der Waals surface area contributed by atoms with E-state index in [1.54, 1.807) is 0 Å². The molecule has 1 unspecified atom stereocenters. The highest BCUT2D eigenvalue weighted by molar-refractivity contribution is 6.09. The molecule has 29 heavy (non-hydrogen) atoms. The standard InChI is InChI=1S/C28H25N/c1-3-20(2)21-12-14-22(15-13-21)23-16-18-24(19-17-23)29-27-10-6-4-8-25(27)26-9-5-7-11-28(26)29/h4-20H,3H2,1-2H3. The van der Waals surface area contributed by atoms with Crippen LogP contribution in [0.15, 0.2) is 97.1 Å². The number of benzene rings is 4. The van der Waals surface area contributed by atoms with Crippen LogP contribution in [0.3, 0.4) is 0 Å². The molecule has 4 aromatic carbocycles. The Bertz CT molecular complexity index is 1220. The van der Waals surface area contributed by atoms with Crippen LogP contribution in [0.2, 0.25) is 0 Å². The van der Waals surface area contributed by atoms with Gasteiger partial charge in [0, 0.05) is 16.5 Å². The highest BCUT2D eigenvalue weighted by atomic mass is 15.0. The minimum atomic E-state index is 0.613. The molecule has 5 aromatic rings. The average Bonchev–Trinajstić information content (AvgIpc) is 3.13. The quantitative estimate of drug-likeness (QED) is 0.300. The topological polar surface area (TPSA) is 4.93 Å². The molecule has 0 N–H and O–H groups in total. The minimum Gasteiger partial charge on any atom is -0.309 e. The van der Waals surface area contributed by atoms with Crippen molar-refractivity contribution >= 4 is 21.8 Å². The zero-order chi connectivity index (χ0) is 19.8. The molecule has 1 nitrogen and oxygen atoms in total. The molecule has 0 fully saturated rings. The Labute approximate surface area is 172 Å². The zero-order valence-corrected chi connectivity index (χ0v) is 17.0. The van der Waals surface area contributed by atoms with Gasteiger partial charge in [-0.05, 0) is 53.3 Å². The van der Waals surface area contributed by atoms with E-state index >= 15 is 0 Å². The first-order valence-electron chi connectivity index (χ1n) is 10.4. The fraction of sp³-hybridized carbons (Fsp3) is 0.143. The van der Waals surface area contributed by atoms with E-state index in [2.05, 4.69) is 115 Å².